The van der Waals surface area contributed by atoms with Gasteiger partial charge < -0.3 is 15.4 Å². The molecular formula is C10H18N2O3. The molecule has 0 bridgehead atoms. The third kappa shape index (κ3) is 6.06. The lowest BCUT2D eigenvalue weighted by atomic mass is 10.3. The molecule has 2 N–H and O–H groups in total. The van der Waals surface area contributed by atoms with Crippen molar-refractivity contribution in [3.63, 3.8) is 0 Å². The summed E-state index contributed by atoms with van der Waals surface area (Å²) in [6, 6.07) is 0.411. The van der Waals surface area contributed by atoms with Gasteiger partial charge in [0.1, 0.15) is 0 Å². The smallest absolute Gasteiger partial charge is 0.305 e. The Hall–Kier alpha value is -1.10. The monoisotopic (exact) mass is 214 g/mol. The summed E-state index contributed by atoms with van der Waals surface area (Å²) in [4.78, 5) is 21.9. The van der Waals surface area contributed by atoms with E-state index in [1.165, 1.54) is 7.11 Å². The third-order valence-electron chi connectivity index (χ3n) is 2.19. The Labute approximate surface area is 89.6 Å². The first-order valence-electron chi connectivity index (χ1n) is 5.29. The molecule has 1 rings (SSSR count). The minimum atomic E-state index is -0.209. The predicted molar refractivity (Wildman–Crippen MR) is 55.3 cm³/mol. The molecule has 0 heterocycles. The summed E-state index contributed by atoms with van der Waals surface area (Å²) in [6.07, 6.45) is 3.30. The average molecular weight is 214 g/mol. The van der Waals surface area contributed by atoms with E-state index in [2.05, 4.69) is 15.4 Å². The number of amides is 1. The van der Waals surface area contributed by atoms with Gasteiger partial charge in [-0.1, -0.05) is 0 Å². The number of carbonyl (C=O) groups is 2. The van der Waals surface area contributed by atoms with E-state index in [4.69, 9.17) is 0 Å². The summed E-state index contributed by atoms with van der Waals surface area (Å²) in [5, 5.41) is 5.85. The van der Waals surface area contributed by atoms with Crippen molar-refractivity contribution in [2.75, 3.05) is 20.2 Å². The molecular weight excluding hydrogens is 196 g/mol. The molecule has 0 spiro atoms. The fourth-order valence-corrected chi connectivity index (χ4v) is 1.17. The van der Waals surface area contributed by atoms with Crippen LogP contribution in [0.4, 0.5) is 0 Å². The standard InChI is InChI=1S/C10H18N2O3/c1-15-10(14)3-2-6-11-7-9(13)12-8-4-5-8/h8,11H,2-7H2,1H3,(H,12,13). The molecule has 86 valence electrons. The molecule has 5 nitrogen and oxygen atoms in total. The van der Waals surface area contributed by atoms with E-state index in [-0.39, 0.29) is 11.9 Å². The second-order valence-corrected chi connectivity index (χ2v) is 3.70. The van der Waals surface area contributed by atoms with Crippen LogP contribution >= 0.6 is 0 Å². The number of methoxy groups -OCH3 is 1. The lowest BCUT2D eigenvalue weighted by molar-refractivity contribution is -0.140. The Morgan fingerprint density at radius 3 is 2.73 bits per heavy atom. The Kier molecular flexibility index (Phi) is 5.10. The Bertz CT molecular complexity index is 227. The molecule has 1 aliphatic rings. The van der Waals surface area contributed by atoms with Gasteiger partial charge in [0, 0.05) is 12.5 Å². The van der Waals surface area contributed by atoms with Gasteiger partial charge in [-0.05, 0) is 25.8 Å². The fraction of sp³-hybridized carbons (Fsp3) is 0.800. The van der Waals surface area contributed by atoms with Crippen LogP contribution in [0.1, 0.15) is 25.7 Å². The van der Waals surface area contributed by atoms with Gasteiger partial charge >= 0.3 is 5.97 Å². The SMILES string of the molecule is COC(=O)CCCNCC(=O)NC1CC1. The van der Waals surface area contributed by atoms with Crippen LogP contribution in [-0.2, 0) is 14.3 Å². The van der Waals surface area contributed by atoms with Crippen LogP contribution < -0.4 is 10.6 Å². The van der Waals surface area contributed by atoms with E-state index in [1.54, 1.807) is 0 Å². The van der Waals surface area contributed by atoms with E-state index in [0.717, 1.165) is 12.8 Å². The van der Waals surface area contributed by atoms with Crippen LogP contribution in [0, 0.1) is 0 Å². The number of carbonyl (C=O) groups excluding carboxylic acids is 2. The highest BCUT2D eigenvalue weighted by molar-refractivity contribution is 5.78. The van der Waals surface area contributed by atoms with Crippen LogP contribution in [0.5, 0.6) is 0 Å². The minimum Gasteiger partial charge on any atom is -0.469 e. The number of hydrogen-bond acceptors (Lipinski definition) is 4. The second kappa shape index (κ2) is 6.40. The molecule has 0 aromatic heterocycles. The van der Waals surface area contributed by atoms with Crippen molar-refractivity contribution in [3.05, 3.63) is 0 Å². The van der Waals surface area contributed by atoms with Crippen LogP contribution in [0.3, 0.4) is 0 Å². The summed E-state index contributed by atoms with van der Waals surface area (Å²) in [5.41, 5.74) is 0. The van der Waals surface area contributed by atoms with Gasteiger partial charge in [-0.3, -0.25) is 9.59 Å². The van der Waals surface area contributed by atoms with Crippen molar-refractivity contribution < 1.29 is 14.3 Å². The highest BCUT2D eigenvalue weighted by Gasteiger charge is 2.22. The maximum absolute atomic E-state index is 11.2. The molecule has 15 heavy (non-hydrogen) atoms. The summed E-state index contributed by atoms with van der Waals surface area (Å²) in [7, 11) is 1.37. The molecule has 1 saturated carbocycles. The van der Waals surface area contributed by atoms with E-state index in [1.807, 2.05) is 0 Å². The third-order valence-corrected chi connectivity index (χ3v) is 2.19. The molecule has 0 aliphatic heterocycles. The van der Waals surface area contributed by atoms with Crippen molar-refractivity contribution in [1.82, 2.24) is 10.6 Å². The molecule has 0 aromatic carbocycles. The first-order valence-corrected chi connectivity index (χ1v) is 5.29. The Morgan fingerprint density at radius 2 is 2.13 bits per heavy atom. The van der Waals surface area contributed by atoms with Gasteiger partial charge in [-0.2, -0.15) is 0 Å². The number of hydrogen-bond donors (Lipinski definition) is 2. The van der Waals surface area contributed by atoms with Gasteiger partial charge in [-0.15, -0.1) is 0 Å². The summed E-state index contributed by atoms with van der Waals surface area (Å²) < 4.78 is 4.49. The number of ether oxygens (including phenoxy) is 1. The lowest BCUT2D eigenvalue weighted by Gasteiger charge is -2.04. The molecule has 0 unspecified atom stereocenters. The Morgan fingerprint density at radius 1 is 1.40 bits per heavy atom. The Balaban J connectivity index is 1.87. The van der Waals surface area contributed by atoms with Gasteiger partial charge in [0.2, 0.25) is 5.91 Å². The highest BCUT2D eigenvalue weighted by Crippen LogP contribution is 2.18. The molecule has 0 atom stereocenters. The molecule has 1 aliphatic carbocycles. The quantitative estimate of drug-likeness (QED) is 0.455. The molecule has 0 aromatic rings. The van der Waals surface area contributed by atoms with Gasteiger partial charge in [0.25, 0.3) is 0 Å². The van der Waals surface area contributed by atoms with Crippen LogP contribution in [0.2, 0.25) is 0 Å². The molecule has 1 fully saturated rings. The maximum Gasteiger partial charge on any atom is 0.305 e. The van der Waals surface area contributed by atoms with Crippen molar-refractivity contribution in [3.8, 4) is 0 Å². The predicted octanol–water partition coefficient (Wildman–Crippen LogP) is -0.192. The second-order valence-electron chi connectivity index (χ2n) is 3.70. The first kappa shape index (κ1) is 12.0. The van der Waals surface area contributed by atoms with Gasteiger partial charge in [0.05, 0.1) is 13.7 Å². The van der Waals surface area contributed by atoms with Crippen LogP contribution in [0.15, 0.2) is 0 Å². The largest absolute Gasteiger partial charge is 0.469 e. The van der Waals surface area contributed by atoms with E-state index in [0.29, 0.717) is 32.0 Å². The zero-order valence-electron chi connectivity index (χ0n) is 9.04. The minimum absolute atomic E-state index is 0.0376. The maximum atomic E-state index is 11.2. The van der Waals surface area contributed by atoms with Crippen molar-refractivity contribution >= 4 is 11.9 Å². The zero-order valence-corrected chi connectivity index (χ0v) is 9.04. The highest BCUT2D eigenvalue weighted by atomic mass is 16.5. The first-order chi connectivity index (χ1) is 7.22. The number of esters is 1. The summed E-state index contributed by atoms with van der Waals surface area (Å²) in [5.74, 6) is -0.171. The van der Waals surface area contributed by atoms with E-state index < -0.39 is 0 Å². The number of nitrogens with one attached hydrogen (secondary N) is 2. The fourth-order valence-electron chi connectivity index (χ4n) is 1.17. The molecule has 5 heteroatoms. The summed E-state index contributed by atoms with van der Waals surface area (Å²) >= 11 is 0. The van der Waals surface area contributed by atoms with Gasteiger partial charge in [-0.25, -0.2) is 0 Å². The van der Waals surface area contributed by atoms with Gasteiger partial charge in [0.15, 0.2) is 0 Å². The molecule has 1 amide bonds. The van der Waals surface area contributed by atoms with Crippen molar-refractivity contribution in [2.45, 2.75) is 31.7 Å². The number of rotatable bonds is 7. The van der Waals surface area contributed by atoms with E-state index in [9.17, 15) is 9.59 Å². The summed E-state index contributed by atoms with van der Waals surface area (Å²) in [6.45, 7) is 0.991. The average Bonchev–Trinajstić information content (AvgIpc) is 3.00. The van der Waals surface area contributed by atoms with Crippen LogP contribution in [-0.4, -0.2) is 38.1 Å². The van der Waals surface area contributed by atoms with Crippen molar-refractivity contribution in [2.24, 2.45) is 0 Å². The lowest BCUT2D eigenvalue weighted by Crippen LogP contribution is -2.35. The normalized spacial score (nSPS) is 14.7. The van der Waals surface area contributed by atoms with Crippen LogP contribution in [0.25, 0.3) is 0 Å². The molecule has 0 radical (unpaired) electrons. The van der Waals surface area contributed by atoms with Crippen molar-refractivity contribution in [1.29, 1.82) is 0 Å². The zero-order chi connectivity index (χ0) is 11.1. The topological polar surface area (TPSA) is 67.4 Å². The van der Waals surface area contributed by atoms with E-state index >= 15 is 0 Å². The molecule has 0 saturated heterocycles.